The van der Waals surface area contributed by atoms with Crippen LogP contribution in [-0.4, -0.2) is 22.8 Å². The van der Waals surface area contributed by atoms with Crippen LogP contribution < -0.4 is 21.7 Å². The molecule has 7 nitrogen and oxygen atoms in total. The molecule has 3 aromatic carbocycles. The van der Waals surface area contributed by atoms with Gasteiger partial charge in [0.2, 0.25) is 11.8 Å². The van der Waals surface area contributed by atoms with Crippen LogP contribution in [0.25, 0.3) is 17.0 Å². The highest BCUT2D eigenvalue weighted by atomic mass is 16.2. The molecule has 0 bridgehead atoms. The fraction of sp³-hybridized carbons (Fsp3) is 0.138. The van der Waals surface area contributed by atoms with Crippen molar-refractivity contribution in [3.8, 4) is 0 Å². The number of benzene rings is 3. The Labute approximate surface area is 210 Å². The van der Waals surface area contributed by atoms with Crippen molar-refractivity contribution in [1.82, 2.24) is 10.3 Å². The Morgan fingerprint density at radius 1 is 0.944 bits per heavy atom. The van der Waals surface area contributed by atoms with Crippen molar-refractivity contribution in [3.63, 3.8) is 0 Å². The third-order valence-electron chi connectivity index (χ3n) is 5.52. The van der Waals surface area contributed by atoms with Crippen LogP contribution in [-0.2, 0) is 9.59 Å². The lowest BCUT2D eigenvalue weighted by atomic mass is 10.0. The predicted molar refractivity (Wildman–Crippen MR) is 146 cm³/mol. The molecule has 0 fully saturated rings. The lowest BCUT2D eigenvalue weighted by molar-refractivity contribution is -0.122. The normalized spacial score (nSPS) is 12.0. The molecule has 1 unspecified atom stereocenters. The fourth-order valence-corrected chi connectivity index (χ4v) is 3.76. The molecule has 0 saturated carbocycles. The molecule has 36 heavy (non-hydrogen) atoms. The first-order valence-corrected chi connectivity index (χ1v) is 11.7. The maximum absolute atomic E-state index is 13.1. The minimum absolute atomic E-state index is 0.00183. The summed E-state index contributed by atoms with van der Waals surface area (Å²) in [7, 11) is 0. The van der Waals surface area contributed by atoms with Crippen molar-refractivity contribution in [2.45, 2.75) is 25.9 Å². The van der Waals surface area contributed by atoms with Crippen LogP contribution in [0.15, 0.2) is 91.1 Å². The topological polar surface area (TPSA) is 109 Å². The van der Waals surface area contributed by atoms with Crippen LogP contribution >= 0.6 is 0 Å². The van der Waals surface area contributed by atoms with Crippen LogP contribution in [0.1, 0.15) is 31.0 Å². The number of nitrogens with two attached hydrogens (primary N) is 1. The summed E-state index contributed by atoms with van der Waals surface area (Å²) in [6.07, 6.45) is 4.92. The summed E-state index contributed by atoms with van der Waals surface area (Å²) in [4.78, 5) is 29.7. The molecular formula is C29H29N5O2. The second-order valence-electron chi connectivity index (χ2n) is 8.73. The number of hydrogen-bond acceptors (Lipinski definition) is 5. The van der Waals surface area contributed by atoms with Crippen molar-refractivity contribution in [3.05, 3.63) is 102 Å². The highest BCUT2D eigenvalue weighted by molar-refractivity contribution is 6.03. The molecule has 0 aliphatic rings. The zero-order chi connectivity index (χ0) is 25.5. The van der Waals surface area contributed by atoms with E-state index in [-0.39, 0.29) is 17.9 Å². The van der Waals surface area contributed by atoms with Crippen molar-refractivity contribution in [1.29, 1.82) is 0 Å². The van der Waals surface area contributed by atoms with Gasteiger partial charge in [0, 0.05) is 29.4 Å². The summed E-state index contributed by atoms with van der Waals surface area (Å²) >= 11 is 0. The number of hydrogen-bond donors (Lipinski definition) is 4. The summed E-state index contributed by atoms with van der Waals surface area (Å²) in [6, 6.07) is 23.7. The van der Waals surface area contributed by atoms with E-state index >= 15 is 0 Å². The molecule has 0 radical (unpaired) electrons. The predicted octanol–water partition coefficient (Wildman–Crippen LogP) is 5.15. The van der Waals surface area contributed by atoms with Gasteiger partial charge in [-0.05, 0) is 67.4 Å². The third kappa shape index (κ3) is 6.27. The molecule has 0 aliphatic carbocycles. The molecule has 4 aromatic rings. The van der Waals surface area contributed by atoms with Gasteiger partial charge in [-0.25, -0.2) is 0 Å². The molecule has 1 aromatic heterocycles. The molecule has 4 rings (SSSR count). The van der Waals surface area contributed by atoms with Gasteiger partial charge >= 0.3 is 0 Å². The van der Waals surface area contributed by atoms with E-state index in [2.05, 4.69) is 20.9 Å². The number of fused-ring (bicyclic) bond motifs is 1. The van der Waals surface area contributed by atoms with Crippen LogP contribution in [0, 0.1) is 0 Å². The molecule has 0 aliphatic heterocycles. The van der Waals surface area contributed by atoms with E-state index in [9.17, 15) is 9.59 Å². The fourth-order valence-electron chi connectivity index (χ4n) is 3.76. The smallest absolute Gasteiger partial charge is 0.248 e. The van der Waals surface area contributed by atoms with Gasteiger partial charge in [0.15, 0.2) is 0 Å². The number of carbonyl (C=O) groups is 2. The minimum atomic E-state index is -0.594. The molecular weight excluding hydrogens is 450 g/mol. The van der Waals surface area contributed by atoms with Crippen molar-refractivity contribution < 1.29 is 9.59 Å². The molecule has 7 heteroatoms. The van der Waals surface area contributed by atoms with Gasteiger partial charge in [-0.15, -0.1) is 0 Å². The van der Waals surface area contributed by atoms with Gasteiger partial charge in [-0.3, -0.25) is 14.6 Å². The summed E-state index contributed by atoms with van der Waals surface area (Å²) < 4.78 is 0. The van der Waals surface area contributed by atoms with Crippen molar-refractivity contribution in [2.75, 3.05) is 16.4 Å². The zero-order valence-electron chi connectivity index (χ0n) is 20.2. The Kier molecular flexibility index (Phi) is 7.60. The minimum Gasteiger partial charge on any atom is -0.397 e. The first-order valence-electron chi connectivity index (χ1n) is 11.7. The molecule has 2 amide bonds. The number of carbonyl (C=O) groups excluding carboxylic acids is 2. The number of pyridine rings is 1. The van der Waals surface area contributed by atoms with E-state index in [0.29, 0.717) is 11.4 Å². The van der Waals surface area contributed by atoms with E-state index in [4.69, 9.17) is 5.73 Å². The Hall–Kier alpha value is -4.65. The number of para-hydroxylation sites is 2. The summed E-state index contributed by atoms with van der Waals surface area (Å²) in [6.45, 7) is 3.86. The van der Waals surface area contributed by atoms with E-state index in [1.54, 1.807) is 24.4 Å². The molecule has 5 N–H and O–H groups in total. The Bertz CT molecular complexity index is 1400. The van der Waals surface area contributed by atoms with Crippen molar-refractivity contribution in [2.24, 2.45) is 0 Å². The Morgan fingerprint density at radius 2 is 1.72 bits per heavy atom. The molecule has 0 saturated heterocycles. The molecule has 1 heterocycles. The van der Waals surface area contributed by atoms with Gasteiger partial charge in [0.25, 0.3) is 0 Å². The van der Waals surface area contributed by atoms with Crippen LogP contribution in [0.2, 0.25) is 0 Å². The van der Waals surface area contributed by atoms with Gasteiger partial charge in [0.1, 0.15) is 6.04 Å². The second kappa shape index (κ2) is 11.2. The highest BCUT2D eigenvalue weighted by Crippen LogP contribution is 2.24. The molecule has 0 spiro atoms. The third-order valence-corrected chi connectivity index (χ3v) is 5.52. The van der Waals surface area contributed by atoms with E-state index < -0.39 is 6.04 Å². The average molecular weight is 480 g/mol. The maximum Gasteiger partial charge on any atom is 0.248 e. The zero-order valence-corrected chi connectivity index (χ0v) is 20.2. The first-order chi connectivity index (χ1) is 17.4. The lowest BCUT2D eigenvalue weighted by Crippen LogP contribution is -2.37. The summed E-state index contributed by atoms with van der Waals surface area (Å²) in [5.41, 5.74) is 10.3. The monoisotopic (exact) mass is 479 g/mol. The standard InChI is InChI=1S/C29H29N5O2/c1-19(2)32-29(36)28(33-23-14-15-25-22(18-23)6-5-17-31-25)21-12-9-20(10-13-21)11-16-27(35)34-26-8-4-3-7-24(26)30/h3-19,28,33H,30H2,1-2H3,(H,32,36)(H,34,35). The van der Waals surface area contributed by atoms with Gasteiger partial charge in [0.05, 0.1) is 16.9 Å². The van der Waals surface area contributed by atoms with E-state index in [1.165, 1.54) is 6.08 Å². The number of anilines is 3. The van der Waals surface area contributed by atoms with Crippen LogP contribution in [0.4, 0.5) is 17.1 Å². The summed E-state index contributed by atoms with van der Waals surface area (Å²) in [5.74, 6) is -0.405. The highest BCUT2D eigenvalue weighted by Gasteiger charge is 2.21. The van der Waals surface area contributed by atoms with Gasteiger partial charge in [-0.2, -0.15) is 0 Å². The first kappa shape index (κ1) is 24.5. The number of rotatable bonds is 8. The van der Waals surface area contributed by atoms with E-state index in [0.717, 1.165) is 27.7 Å². The average Bonchev–Trinajstić information content (AvgIpc) is 2.87. The van der Waals surface area contributed by atoms with Gasteiger partial charge < -0.3 is 21.7 Å². The maximum atomic E-state index is 13.1. The Balaban J connectivity index is 1.50. The molecule has 182 valence electrons. The Morgan fingerprint density at radius 3 is 2.47 bits per heavy atom. The largest absolute Gasteiger partial charge is 0.397 e. The van der Waals surface area contributed by atoms with Crippen molar-refractivity contribution >= 4 is 45.9 Å². The second-order valence-corrected chi connectivity index (χ2v) is 8.73. The molecule has 1 atom stereocenters. The number of nitrogens with one attached hydrogen (secondary N) is 3. The number of nitrogens with zero attached hydrogens (tertiary/aromatic N) is 1. The number of aromatic nitrogens is 1. The van der Waals surface area contributed by atoms with Gasteiger partial charge in [-0.1, -0.05) is 42.5 Å². The number of amides is 2. The number of nitrogen functional groups attached to an aromatic ring is 1. The van der Waals surface area contributed by atoms with Crippen LogP contribution in [0.5, 0.6) is 0 Å². The van der Waals surface area contributed by atoms with Crippen LogP contribution in [0.3, 0.4) is 0 Å². The quantitative estimate of drug-likeness (QED) is 0.207. The SMILES string of the molecule is CC(C)NC(=O)C(Nc1ccc2ncccc2c1)c1ccc(C=CC(=O)Nc2ccccc2N)cc1. The lowest BCUT2D eigenvalue weighted by Gasteiger charge is -2.22. The van der Waals surface area contributed by atoms with E-state index in [1.807, 2.05) is 80.6 Å². The summed E-state index contributed by atoms with van der Waals surface area (Å²) in [5, 5.41) is 10.1.